The minimum Gasteiger partial charge on any atom is -0.377 e. The fourth-order valence-corrected chi connectivity index (χ4v) is 4.44. The lowest BCUT2D eigenvalue weighted by Crippen LogP contribution is -2.48. The Morgan fingerprint density at radius 3 is 2.68 bits per heavy atom. The van der Waals surface area contributed by atoms with Gasteiger partial charge in [0.05, 0.1) is 5.60 Å². The van der Waals surface area contributed by atoms with Crippen molar-refractivity contribution < 1.29 is 4.74 Å². The zero-order valence-electron chi connectivity index (χ0n) is 12.7. The molecular formula is C16H30N2O. The Morgan fingerprint density at radius 1 is 1.26 bits per heavy atom. The molecule has 3 unspecified atom stereocenters. The number of likely N-dealkylation sites (tertiary alicyclic amines) is 1. The van der Waals surface area contributed by atoms with E-state index in [-0.39, 0.29) is 5.60 Å². The summed E-state index contributed by atoms with van der Waals surface area (Å²) in [4.78, 5) is 2.64. The third-order valence-electron chi connectivity index (χ3n) is 5.66. The Kier molecular flexibility index (Phi) is 4.16. The van der Waals surface area contributed by atoms with Gasteiger partial charge in [0.25, 0.3) is 0 Å². The number of hydrogen-bond donors (Lipinski definition) is 1. The summed E-state index contributed by atoms with van der Waals surface area (Å²) in [5.74, 6) is 0.967. The number of ether oxygens (including phenoxy) is 1. The molecule has 0 aliphatic carbocycles. The third-order valence-corrected chi connectivity index (χ3v) is 5.66. The summed E-state index contributed by atoms with van der Waals surface area (Å²) in [6.45, 7) is 5.95. The van der Waals surface area contributed by atoms with Gasteiger partial charge in [-0.15, -0.1) is 0 Å². The predicted octanol–water partition coefficient (Wildman–Crippen LogP) is 2.41. The van der Waals surface area contributed by atoms with Gasteiger partial charge in [0.1, 0.15) is 0 Å². The van der Waals surface area contributed by atoms with Crippen molar-refractivity contribution in [3.8, 4) is 0 Å². The Morgan fingerprint density at radius 2 is 2.00 bits per heavy atom. The summed E-state index contributed by atoms with van der Waals surface area (Å²) >= 11 is 0. The molecule has 3 saturated heterocycles. The van der Waals surface area contributed by atoms with E-state index in [0.717, 1.165) is 24.5 Å². The van der Waals surface area contributed by atoms with E-state index in [2.05, 4.69) is 17.1 Å². The first-order valence-electron chi connectivity index (χ1n) is 8.20. The van der Waals surface area contributed by atoms with Gasteiger partial charge < -0.3 is 15.0 Å². The Labute approximate surface area is 118 Å². The second kappa shape index (κ2) is 5.71. The largest absolute Gasteiger partial charge is 0.377 e. The van der Waals surface area contributed by atoms with Crippen molar-refractivity contribution in [3.63, 3.8) is 0 Å². The number of nitrogens with zero attached hydrogens (tertiary/aromatic N) is 1. The standard InChI is InChI=1S/C16H30N2O/c1-16(19-2)7-3-8-18(12-16)9-6-13-10-14-4-5-15(11-13)17-14/h13-15,17H,3-12H2,1-2H3. The minimum absolute atomic E-state index is 0.103. The van der Waals surface area contributed by atoms with Crippen LogP contribution in [0.3, 0.4) is 0 Å². The lowest BCUT2D eigenvalue weighted by Gasteiger charge is -2.40. The van der Waals surface area contributed by atoms with Crippen LogP contribution in [-0.2, 0) is 4.74 Å². The van der Waals surface area contributed by atoms with Crippen molar-refractivity contribution in [2.45, 2.75) is 69.6 Å². The van der Waals surface area contributed by atoms with Gasteiger partial charge in [-0.05, 0) is 70.9 Å². The van der Waals surface area contributed by atoms with Crippen LogP contribution in [-0.4, -0.2) is 49.3 Å². The van der Waals surface area contributed by atoms with Gasteiger partial charge in [0.2, 0.25) is 0 Å². The van der Waals surface area contributed by atoms with Crippen molar-refractivity contribution in [1.29, 1.82) is 0 Å². The molecule has 3 aliphatic heterocycles. The molecular weight excluding hydrogens is 236 g/mol. The number of hydrogen-bond acceptors (Lipinski definition) is 3. The van der Waals surface area contributed by atoms with Crippen LogP contribution < -0.4 is 5.32 Å². The van der Waals surface area contributed by atoms with Gasteiger partial charge in [-0.3, -0.25) is 0 Å². The van der Waals surface area contributed by atoms with Gasteiger partial charge in [-0.2, -0.15) is 0 Å². The minimum atomic E-state index is 0.103. The lowest BCUT2D eigenvalue weighted by atomic mass is 9.88. The number of methoxy groups -OCH3 is 1. The molecule has 0 radical (unpaired) electrons. The van der Waals surface area contributed by atoms with E-state index in [1.54, 1.807) is 0 Å². The summed E-state index contributed by atoms with van der Waals surface area (Å²) in [7, 11) is 1.87. The molecule has 0 spiro atoms. The molecule has 3 nitrogen and oxygen atoms in total. The first-order valence-corrected chi connectivity index (χ1v) is 8.20. The second-order valence-corrected chi connectivity index (χ2v) is 7.30. The zero-order valence-corrected chi connectivity index (χ0v) is 12.7. The van der Waals surface area contributed by atoms with E-state index >= 15 is 0 Å². The summed E-state index contributed by atoms with van der Waals surface area (Å²) in [5.41, 5.74) is 0.103. The van der Waals surface area contributed by atoms with Crippen molar-refractivity contribution in [2.75, 3.05) is 26.7 Å². The molecule has 3 fully saturated rings. The van der Waals surface area contributed by atoms with E-state index < -0.39 is 0 Å². The van der Waals surface area contributed by atoms with Crippen molar-refractivity contribution in [3.05, 3.63) is 0 Å². The molecule has 3 aliphatic rings. The second-order valence-electron chi connectivity index (χ2n) is 7.30. The molecule has 19 heavy (non-hydrogen) atoms. The van der Waals surface area contributed by atoms with Crippen molar-refractivity contribution in [1.82, 2.24) is 10.2 Å². The van der Waals surface area contributed by atoms with Crippen LogP contribution in [0.5, 0.6) is 0 Å². The van der Waals surface area contributed by atoms with Crippen LogP contribution in [0.1, 0.15) is 51.9 Å². The van der Waals surface area contributed by atoms with Crippen LogP contribution in [0.2, 0.25) is 0 Å². The first-order chi connectivity index (χ1) is 9.17. The van der Waals surface area contributed by atoms with E-state index in [1.807, 2.05) is 7.11 Å². The van der Waals surface area contributed by atoms with E-state index in [0.29, 0.717) is 0 Å². The molecule has 0 aromatic rings. The monoisotopic (exact) mass is 266 g/mol. The van der Waals surface area contributed by atoms with Crippen molar-refractivity contribution in [2.24, 2.45) is 5.92 Å². The van der Waals surface area contributed by atoms with Crippen molar-refractivity contribution >= 4 is 0 Å². The average Bonchev–Trinajstić information content (AvgIpc) is 2.76. The SMILES string of the molecule is COC1(C)CCCN(CCC2CC3CCC(C2)N3)C1. The topological polar surface area (TPSA) is 24.5 Å². The molecule has 0 aromatic carbocycles. The van der Waals surface area contributed by atoms with Gasteiger partial charge in [-0.25, -0.2) is 0 Å². The Balaban J connectivity index is 1.44. The average molecular weight is 266 g/mol. The molecule has 0 amide bonds. The molecule has 3 heterocycles. The van der Waals surface area contributed by atoms with Crippen LogP contribution in [0.4, 0.5) is 0 Å². The molecule has 0 saturated carbocycles. The Bertz CT molecular complexity index is 297. The lowest BCUT2D eigenvalue weighted by molar-refractivity contribution is -0.0518. The van der Waals surface area contributed by atoms with Gasteiger partial charge in [0, 0.05) is 25.7 Å². The van der Waals surface area contributed by atoms with Crippen LogP contribution in [0.15, 0.2) is 0 Å². The third kappa shape index (κ3) is 3.32. The maximum atomic E-state index is 5.69. The van der Waals surface area contributed by atoms with Crippen LogP contribution in [0, 0.1) is 5.92 Å². The van der Waals surface area contributed by atoms with Crippen LogP contribution >= 0.6 is 0 Å². The van der Waals surface area contributed by atoms with Gasteiger partial charge in [0.15, 0.2) is 0 Å². The zero-order chi connectivity index (χ0) is 13.3. The number of rotatable bonds is 4. The van der Waals surface area contributed by atoms with Crippen LogP contribution in [0.25, 0.3) is 0 Å². The van der Waals surface area contributed by atoms with E-state index in [1.165, 1.54) is 58.0 Å². The van der Waals surface area contributed by atoms with E-state index in [4.69, 9.17) is 4.74 Å². The summed E-state index contributed by atoms with van der Waals surface area (Å²) < 4.78 is 5.69. The quantitative estimate of drug-likeness (QED) is 0.845. The molecule has 3 rings (SSSR count). The fraction of sp³-hybridized carbons (Fsp3) is 1.00. The maximum Gasteiger partial charge on any atom is 0.0777 e. The fourth-order valence-electron chi connectivity index (χ4n) is 4.44. The number of nitrogens with one attached hydrogen (secondary N) is 1. The normalized spacial score (nSPS) is 43.6. The molecule has 0 aromatic heterocycles. The highest BCUT2D eigenvalue weighted by molar-refractivity contribution is 4.92. The molecule has 1 N–H and O–H groups in total. The maximum absolute atomic E-state index is 5.69. The first kappa shape index (κ1) is 13.8. The molecule has 3 heteroatoms. The highest BCUT2D eigenvalue weighted by Crippen LogP contribution is 2.33. The summed E-state index contributed by atoms with van der Waals surface area (Å²) in [6.07, 6.45) is 9.60. The molecule has 2 bridgehead atoms. The molecule has 3 atom stereocenters. The highest BCUT2D eigenvalue weighted by Gasteiger charge is 2.34. The van der Waals surface area contributed by atoms with Gasteiger partial charge in [-0.1, -0.05) is 0 Å². The number of fused-ring (bicyclic) bond motifs is 2. The molecule has 110 valence electrons. The highest BCUT2D eigenvalue weighted by atomic mass is 16.5. The Hall–Kier alpha value is -0.120. The summed E-state index contributed by atoms with van der Waals surface area (Å²) in [6, 6.07) is 1.68. The smallest absolute Gasteiger partial charge is 0.0777 e. The number of piperidine rings is 2. The van der Waals surface area contributed by atoms with Gasteiger partial charge >= 0.3 is 0 Å². The van der Waals surface area contributed by atoms with E-state index in [9.17, 15) is 0 Å². The predicted molar refractivity (Wildman–Crippen MR) is 78.4 cm³/mol. The summed E-state index contributed by atoms with van der Waals surface area (Å²) in [5, 5.41) is 3.75.